The Morgan fingerprint density at radius 2 is 1.94 bits per heavy atom. The van der Waals surface area contributed by atoms with Gasteiger partial charge >= 0.3 is 0 Å². The van der Waals surface area contributed by atoms with Crippen molar-refractivity contribution < 1.29 is 0 Å². The van der Waals surface area contributed by atoms with Gasteiger partial charge in [-0.2, -0.15) is 5.26 Å². The van der Waals surface area contributed by atoms with Gasteiger partial charge in [0, 0.05) is 5.25 Å². The van der Waals surface area contributed by atoms with Gasteiger partial charge in [-0.1, -0.05) is 27.7 Å². The molecule has 6 atom stereocenters. The van der Waals surface area contributed by atoms with E-state index in [2.05, 4.69) is 33.1 Å². The summed E-state index contributed by atoms with van der Waals surface area (Å²) >= 11 is 1.57. The third-order valence-electron chi connectivity index (χ3n) is 6.62. The lowest BCUT2D eigenvalue weighted by Gasteiger charge is -2.58. The van der Waals surface area contributed by atoms with Gasteiger partial charge in [-0.25, -0.2) is 0 Å². The molecule has 1 nitrogen and oxygen atoms in total. The van der Waals surface area contributed by atoms with Gasteiger partial charge in [0.05, 0.1) is 0 Å². The first-order chi connectivity index (χ1) is 8.40. The molecule has 0 aromatic heterocycles. The van der Waals surface area contributed by atoms with E-state index in [1.807, 2.05) is 0 Å². The van der Waals surface area contributed by atoms with Gasteiger partial charge in [0.15, 0.2) is 0 Å². The van der Waals surface area contributed by atoms with Crippen LogP contribution in [0.3, 0.4) is 0 Å². The first-order valence-electron chi connectivity index (χ1n) is 7.45. The number of hydrogen-bond acceptors (Lipinski definition) is 2. The highest BCUT2D eigenvalue weighted by Crippen LogP contribution is 2.72. The van der Waals surface area contributed by atoms with Crippen LogP contribution in [0.25, 0.3) is 0 Å². The molecular weight excluding hydrogens is 238 g/mol. The van der Waals surface area contributed by atoms with E-state index in [0.29, 0.717) is 16.1 Å². The van der Waals surface area contributed by atoms with Crippen LogP contribution in [0.15, 0.2) is 0 Å². The summed E-state index contributed by atoms with van der Waals surface area (Å²) in [5.41, 5.74) is 0.987. The molecular formula is C16H25NS. The van der Waals surface area contributed by atoms with Gasteiger partial charge in [0.1, 0.15) is 5.40 Å². The van der Waals surface area contributed by atoms with Crippen LogP contribution in [-0.4, -0.2) is 5.25 Å². The average Bonchev–Trinajstić information content (AvgIpc) is 2.41. The van der Waals surface area contributed by atoms with Crippen LogP contribution in [0.1, 0.15) is 53.4 Å². The topological polar surface area (TPSA) is 23.8 Å². The normalized spacial score (nSPS) is 53.8. The highest BCUT2D eigenvalue weighted by Gasteiger charge is 2.66. The van der Waals surface area contributed by atoms with Gasteiger partial charge in [0.2, 0.25) is 0 Å². The molecule has 0 heterocycles. The summed E-state index contributed by atoms with van der Waals surface area (Å²) in [6.45, 7) is 9.80. The molecule has 0 aliphatic heterocycles. The van der Waals surface area contributed by atoms with E-state index in [9.17, 15) is 0 Å². The summed E-state index contributed by atoms with van der Waals surface area (Å²) in [7, 11) is 0. The minimum atomic E-state index is 0.448. The highest BCUT2D eigenvalue weighted by atomic mass is 32.2. The Morgan fingerprint density at radius 1 is 1.22 bits per heavy atom. The number of nitrogens with zero attached hydrogens (tertiary/aromatic N) is 1. The van der Waals surface area contributed by atoms with Crippen LogP contribution in [0, 0.1) is 45.2 Å². The molecule has 0 saturated heterocycles. The predicted molar refractivity (Wildman–Crippen MR) is 77.0 cm³/mol. The molecule has 0 N–H and O–H groups in total. The van der Waals surface area contributed by atoms with Crippen molar-refractivity contribution in [1.29, 1.82) is 5.26 Å². The summed E-state index contributed by atoms with van der Waals surface area (Å²) in [4.78, 5) is 0. The molecule has 4 aliphatic rings. The molecule has 18 heavy (non-hydrogen) atoms. The molecule has 0 spiro atoms. The Balaban J connectivity index is 1.93. The number of rotatable bonds is 2. The van der Waals surface area contributed by atoms with Crippen LogP contribution in [0.5, 0.6) is 0 Å². The van der Waals surface area contributed by atoms with Crippen LogP contribution in [-0.2, 0) is 0 Å². The van der Waals surface area contributed by atoms with Crippen molar-refractivity contribution in [3.8, 4) is 5.40 Å². The Hall–Kier alpha value is -0.160. The minimum absolute atomic E-state index is 0.448. The molecule has 100 valence electrons. The molecule has 4 fully saturated rings. The molecule has 0 aromatic carbocycles. The standard InChI is InChI=1S/C16H25NS/c1-10(2)12-5-13-15(3)6-11(12)7-16(13,4)14(8-15)18-9-17/h10-14H,5-8H2,1-4H3/t11?,12-,13?,14?,15+,16+/m1/s1. The highest BCUT2D eigenvalue weighted by molar-refractivity contribution is 8.04. The fourth-order valence-corrected chi connectivity index (χ4v) is 7.05. The number of fused-ring (bicyclic) bond motifs is 1. The maximum Gasteiger partial charge on any atom is 0.133 e. The summed E-state index contributed by atoms with van der Waals surface area (Å²) in [6, 6.07) is 0. The third kappa shape index (κ3) is 1.52. The van der Waals surface area contributed by atoms with Crippen LogP contribution in [0.2, 0.25) is 0 Å². The van der Waals surface area contributed by atoms with E-state index in [4.69, 9.17) is 5.26 Å². The lowest BCUT2D eigenvalue weighted by Crippen LogP contribution is -2.51. The van der Waals surface area contributed by atoms with Crippen molar-refractivity contribution in [3.05, 3.63) is 0 Å². The largest absolute Gasteiger partial charge is 0.185 e. The van der Waals surface area contributed by atoms with E-state index in [1.54, 1.807) is 11.8 Å². The maximum atomic E-state index is 9.07. The molecule has 4 bridgehead atoms. The lowest BCUT2D eigenvalue weighted by molar-refractivity contribution is -0.0816. The van der Waals surface area contributed by atoms with Crippen LogP contribution >= 0.6 is 11.8 Å². The monoisotopic (exact) mass is 263 g/mol. The zero-order chi connectivity index (χ0) is 13.1. The van der Waals surface area contributed by atoms with Gasteiger partial charge in [-0.15, -0.1) is 0 Å². The van der Waals surface area contributed by atoms with E-state index in [-0.39, 0.29) is 0 Å². The third-order valence-corrected chi connectivity index (χ3v) is 7.71. The maximum absolute atomic E-state index is 9.07. The minimum Gasteiger partial charge on any atom is -0.185 e. The molecule has 4 rings (SSSR count). The van der Waals surface area contributed by atoms with Crippen molar-refractivity contribution in [2.75, 3.05) is 0 Å². The molecule has 4 aliphatic carbocycles. The van der Waals surface area contributed by atoms with Gasteiger partial charge in [-0.3, -0.25) is 0 Å². The SMILES string of the molecule is CC(C)[C@H]1CC2[C@@]3(C)CC1C[C@]2(C)C(SC#N)C3. The fourth-order valence-electron chi connectivity index (χ4n) is 5.93. The predicted octanol–water partition coefficient (Wildman–Crippen LogP) is 4.69. The van der Waals surface area contributed by atoms with Crippen LogP contribution in [0.4, 0.5) is 0 Å². The Morgan fingerprint density at radius 3 is 2.50 bits per heavy atom. The summed E-state index contributed by atoms with van der Waals surface area (Å²) < 4.78 is 0. The molecule has 0 radical (unpaired) electrons. The summed E-state index contributed by atoms with van der Waals surface area (Å²) in [6.07, 6.45) is 5.53. The van der Waals surface area contributed by atoms with Gasteiger partial charge in [0.25, 0.3) is 0 Å². The van der Waals surface area contributed by atoms with E-state index >= 15 is 0 Å². The van der Waals surface area contributed by atoms with E-state index in [0.717, 1.165) is 23.7 Å². The zero-order valence-corrected chi connectivity index (χ0v) is 12.9. The quantitative estimate of drug-likeness (QED) is 0.675. The second kappa shape index (κ2) is 3.92. The van der Waals surface area contributed by atoms with E-state index in [1.165, 1.54) is 25.7 Å². The Kier molecular flexibility index (Phi) is 2.80. The van der Waals surface area contributed by atoms with Crippen molar-refractivity contribution in [2.24, 2.45) is 34.5 Å². The van der Waals surface area contributed by atoms with E-state index < -0.39 is 0 Å². The van der Waals surface area contributed by atoms with Crippen molar-refractivity contribution in [2.45, 2.75) is 58.6 Å². The van der Waals surface area contributed by atoms with Crippen molar-refractivity contribution >= 4 is 11.8 Å². The zero-order valence-electron chi connectivity index (χ0n) is 12.1. The van der Waals surface area contributed by atoms with Crippen LogP contribution < -0.4 is 0 Å². The first-order valence-corrected chi connectivity index (χ1v) is 8.33. The average molecular weight is 263 g/mol. The number of hydrogen-bond donors (Lipinski definition) is 0. The summed E-state index contributed by atoms with van der Waals surface area (Å²) in [5, 5.41) is 12.0. The second-order valence-corrected chi connectivity index (χ2v) is 8.91. The lowest BCUT2D eigenvalue weighted by atomic mass is 9.47. The molecule has 0 amide bonds. The Labute approximate surface area is 116 Å². The number of thioether (sulfide) groups is 1. The fraction of sp³-hybridized carbons (Fsp3) is 0.938. The number of thiocyanates is 1. The number of nitriles is 1. The van der Waals surface area contributed by atoms with Gasteiger partial charge in [-0.05, 0) is 71.9 Å². The van der Waals surface area contributed by atoms with Gasteiger partial charge < -0.3 is 0 Å². The molecule has 0 aromatic rings. The smallest absolute Gasteiger partial charge is 0.133 e. The molecule has 2 heteroatoms. The molecule has 4 saturated carbocycles. The Bertz CT molecular complexity index is 398. The van der Waals surface area contributed by atoms with Crippen molar-refractivity contribution in [3.63, 3.8) is 0 Å². The molecule has 3 unspecified atom stereocenters. The second-order valence-electron chi connectivity index (χ2n) is 7.93. The van der Waals surface area contributed by atoms with Crippen molar-refractivity contribution in [1.82, 2.24) is 0 Å². The summed E-state index contributed by atoms with van der Waals surface area (Å²) in [5.74, 6) is 3.58. The first kappa shape index (κ1) is 12.9.